The molecule has 0 unspecified atom stereocenters. The summed E-state index contributed by atoms with van der Waals surface area (Å²) in [5.41, 5.74) is 0. The monoisotopic (exact) mass is 528 g/mol. The molecule has 0 saturated carbocycles. The molecule has 0 heterocycles. The Labute approximate surface area is 233 Å². The average molecular weight is 529 g/mol. The fourth-order valence-corrected chi connectivity index (χ4v) is 5.10. The van der Waals surface area contributed by atoms with E-state index in [1.807, 2.05) is 0 Å². The van der Waals surface area contributed by atoms with Crippen LogP contribution in [0.3, 0.4) is 0 Å². The Hall–Kier alpha value is -1.78. The molecule has 0 atom stereocenters. The number of aliphatic hydroxyl groups is 2. The highest BCUT2D eigenvalue weighted by Crippen LogP contribution is 2.36. The van der Waals surface area contributed by atoms with Crippen LogP contribution in [-0.4, -0.2) is 36.6 Å². The molecule has 0 aliphatic rings. The van der Waals surface area contributed by atoms with E-state index >= 15 is 0 Å². The summed E-state index contributed by atoms with van der Waals surface area (Å²) >= 11 is 0. The predicted octanol–water partition coefficient (Wildman–Crippen LogP) is 9.38. The van der Waals surface area contributed by atoms with Crippen molar-refractivity contribution in [1.29, 1.82) is 0 Å². The number of fused-ring (bicyclic) bond motifs is 1. The van der Waals surface area contributed by atoms with Crippen LogP contribution in [0.15, 0.2) is 36.4 Å². The van der Waals surface area contributed by atoms with E-state index in [1.54, 1.807) is 0 Å². The minimum Gasteiger partial charge on any atom is -0.490 e. The fourth-order valence-electron chi connectivity index (χ4n) is 5.10. The van der Waals surface area contributed by atoms with Crippen LogP contribution < -0.4 is 9.47 Å². The summed E-state index contributed by atoms with van der Waals surface area (Å²) in [6, 6.07) is 12.7. The van der Waals surface area contributed by atoms with Gasteiger partial charge in [-0.05, 0) is 37.1 Å². The molecule has 216 valence electrons. The smallest absolute Gasteiger partial charge is 0.168 e. The zero-order chi connectivity index (χ0) is 26.9. The minimum absolute atomic E-state index is 0.336. The van der Waals surface area contributed by atoms with Gasteiger partial charge in [0, 0.05) is 18.6 Å². The second-order valence-corrected chi connectivity index (χ2v) is 10.8. The molecule has 0 aromatic heterocycles. The SMILES string of the molecule is OCCCCCCCCCCCCOc1ccc2ccccc2c1OCCCCCCCCCCCCO. The molecular weight excluding hydrogens is 472 g/mol. The molecule has 2 aromatic carbocycles. The normalized spacial score (nSPS) is 11.3. The molecular formula is C34H56O4. The Morgan fingerprint density at radius 2 is 0.842 bits per heavy atom. The van der Waals surface area contributed by atoms with Crippen molar-refractivity contribution in [2.24, 2.45) is 0 Å². The van der Waals surface area contributed by atoms with Gasteiger partial charge in [0.2, 0.25) is 0 Å². The van der Waals surface area contributed by atoms with Gasteiger partial charge in [-0.1, -0.05) is 133 Å². The van der Waals surface area contributed by atoms with Gasteiger partial charge < -0.3 is 19.7 Å². The number of hydrogen-bond donors (Lipinski definition) is 2. The van der Waals surface area contributed by atoms with E-state index in [-0.39, 0.29) is 0 Å². The Kier molecular flexibility index (Phi) is 19.7. The topological polar surface area (TPSA) is 58.9 Å². The van der Waals surface area contributed by atoms with E-state index in [9.17, 15) is 0 Å². The van der Waals surface area contributed by atoms with Gasteiger partial charge in [0.1, 0.15) is 0 Å². The van der Waals surface area contributed by atoms with Crippen LogP contribution in [0.1, 0.15) is 128 Å². The zero-order valence-electron chi connectivity index (χ0n) is 24.1. The second kappa shape index (κ2) is 23.1. The first-order chi connectivity index (χ1) is 18.9. The van der Waals surface area contributed by atoms with Crippen molar-refractivity contribution in [3.63, 3.8) is 0 Å². The van der Waals surface area contributed by atoms with Gasteiger partial charge in [0.25, 0.3) is 0 Å². The summed E-state index contributed by atoms with van der Waals surface area (Å²) < 4.78 is 12.6. The fraction of sp³-hybridized carbons (Fsp3) is 0.706. The van der Waals surface area contributed by atoms with E-state index in [0.717, 1.165) is 55.8 Å². The van der Waals surface area contributed by atoms with Gasteiger partial charge in [0.15, 0.2) is 11.5 Å². The molecule has 38 heavy (non-hydrogen) atoms. The third-order valence-corrected chi connectivity index (χ3v) is 7.45. The van der Waals surface area contributed by atoms with Gasteiger partial charge in [0.05, 0.1) is 13.2 Å². The summed E-state index contributed by atoms with van der Waals surface area (Å²) in [5, 5.41) is 20.0. The lowest BCUT2D eigenvalue weighted by atomic mass is 10.1. The van der Waals surface area contributed by atoms with E-state index in [2.05, 4.69) is 36.4 Å². The van der Waals surface area contributed by atoms with Crippen molar-refractivity contribution >= 4 is 10.8 Å². The Morgan fingerprint density at radius 3 is 1.34 bits per heavy atom. The molecule has 0 bridgehead atoms. The van der Waals surface area contributed by atoms with Gasteiger partial charge in [-0.2, -0.15) is 0 Å². The lowest BCUT2D eigenvalue weighted by Gasteiger charge is -2.15. The average Bonchev–Trinajstić information content (AvgIpc) is 2.94. The van der Waals surface area contributed by atoms with Crippen molar-refractivity contribution in [1.82, 2.24) is 0 Å². The molecule has 0 fully saturated rings. The molecule has 0 aliphatic carbocycles. The third kappa shape index (κ3) is 15.0. The maximum atomic E-state index is 8.84. The van der Waals surface area contributed by atoms with Crippen LogP contribution in [0.5, 0.6) is 11.5 Å². The summed E-state index contributed by atoms with van der Waals surface area (Å²) in [6.45, 7) is 2.16. The molecule has 2 N–H and O–H groups in total. The second-order valence-electron chi connectivity index (χ2n) is 10.8. The van der Waals surface area contributed by atoms with Crippen LogP contribution in [0.4, 0.5) is 0 Å². The first-order valence-corrected chi connectivity index (χ1v) is 15.9. The maximum Gasteiger partial charge on any atom is 0.168 e. The van der Waals surface area contributed by atoms with Crippen LogP contribution in [0, 0.1) is 0 Å². The van der Waals surface area contributed by atoms with Crippen molar-refractivity contribution < 1.29 is 19.7 Å². The van der Waals surface area contributed by atoms with Gasteiger partial charge in [-0.3, -0.25) is 0 Å². The number of benzene rings is 2. The van der Waals surface area contributed by atoms with Crippen molar-refractivity contribution in [2.75, 3.05) is 26.4 Å². The van der Waals surface area contributed by atoms with Crippen molar-refractivity contribution in [3.05, 3.63) is 36.4 Å². The van der Waals surface area contributed by atoms with Gasteiger partial charge in [-0.15, -0.1) is 0 Å². The standard InChI is InChI=1S/C34H56O4/c35-27-19-13-9-5-1-3-7-11-15-21-29-37-33-26-25-31-23-17-18-24-32(31)34(33)38-30-22-16-12-8-4-2-6-10-14-20-28-36/h17-18,23-26,35-36H,1-16,19-22,27-30H2. The van der Waals surface area contributed by atoms with Gasteiger partial charge in [-0.25, -0.2) is 0 Å². The van der Waals surface area contributed by atoms with E-state index < -0.39 is 0 Å². The molecule has 2 rings (SSSR count). The zero-order valence-corrected chi connectivity index (χ0v) is 24.1. The highest BCUT2D eigenvalue weighted by Gasteiger charge is 2.10. The van der Waals surface area contributed by atoms with Crippen molar-refractivity contribution in [2.45, 2.75) is 128 Å². The summed E-state index contributed by atoms with van der Waals surface area (Å²) in [4.78, 5) is 0. The van der Waals surface area contributed by atoms with Crippen LogP contribution in [-0.2, 0) is 0 Å². The lowest BCUT2D eigenvalue weighted by molar-refractivity contribution is 0.261. The Balaban J connectivity index is 1.61. The summed E-state index contributed by atoms with van der Waals surface area (Å²) in [6.07, 6.45) is 24.5. The first kappa shape index (κ1) is 32.4. The quantitative estimate of drug-likeness (QED) is 0.119. The molecule has 0 radical (unpaired) electrons. The highest BCUT2D eigenvalue weighted by molar-refractivity contribution is 5.90. The lowest BCUT2D eigenvalue weighted by Crippen LogP contribution is -2.03. The van der Waals surface area contributed by atoms with E-state index in [4.69, 9.17) is 19.7 Å². The molecule has 0 spiro atoms. The van der Waals surface area contributed by atoms with Crippen LogP contribution >= 0.6 is 0 Å². The largest absolute Gasteiger partial charge is 0.490 e. The number of ether oxygens (including phenoxy) is 2. The maximum absolute atomic E-state index is 8.84. The number of unbranched alkanes of at least 4 members (excludes halogenated alkanes) is 18. The Bertz CT molecular complexity index is 806. The van der Waals surface area contributed by atoms with Crippen LogP contribution in [0.25, 0.3) is 10.8 Å². The molecule has 4 heteroatoms. The van der Waals surface area contributed by atoms with Gasteiger partial charge >= 0.3 is 0 Å². The molecule has 0 amide bonds. The predicted molar refractivity (Wildman–Crippen MR) is 161 cm³/mol. The summed E-state index contributed by atoms with van der Waals surface area (Å²) in [5.74, 6) is 1.79. The summed E-state index contributed by atoms with van der Waals surface area (Å²) in [7, 11) is 0. The number of aliphatic hydroxyl groups excluding tert-OH is 2. The molecule has 0 aliphatic heterocycles. The third-order valence-electron chi connectivity index (χ3n) is 7.45. The molecule has 0 saturated heterocycles. The number of hydrogen-bond acceptors (Lipinski definition) is 4. The first-order valence-electron chi connectivity index (χ1n) is 15.9. The van der Waals surface area contributed by atoms with Crippen molar-refractivity contribution in [3.8, 4) is 11.5 Å². The highest BCUT2D eigenvalue weighted by atomic mass is 16.5. The number of rotatable bonds is 26. The Morgan fingerprint density at radius 1 is 0.421 bits per heavy atom. The molecule has 4 nitrogen and oxygen atoms in total. The van der Waals surface area contributed by atoms with Crippen LogP contribution in [0.2, 0.25) is 0 Å². The minimum atomic E-state index is 0.336. The van der Waals surface area contributed by atoms with E-state index in [1.165, 1.54) is 108 Å². The van der Waals surface area contributed by atoms with E-state index in [0.29, 0.717) is 13.2 Å². The molecule has 2 aromatic rings.